The van der Waals surface area contributed by atoms with E-state index in [1.165, 1.54) is 11.3 Å². The fraction of sp³-hybridized carbons (Fsp3) is 0.455. The van der Waals surface area contributed by atoms with Gasteiger partial charge in [-0.05, 0) is 5.92 Å². The molecule has 0 spiro atoms. The van der Waals surface area contributed by atoms with Crippen LogP contribution in [-0.2, 0) is 4.79 Å². The normalized spacial score (nSPS) is 9.75. The topological polar surface area (TPSA) is 62.2 Å². The van der Waals surface area contributed by atoms with E-state index in [1.807, 2.05) is 13.8 Å². The maximum absolute atomic E-state index is 11.4. The molecular formula is C11H14N2O2S. The Hall–Kier alpha value is -1.38. The van der Waals surface area contributed by atoms with E-state index in [2.05, 4.69) is 22.1 Å². The van der Waals surface area contributed by atoms with Crippen molar-refractivity contribution in [1.82, 2.24) is 4.98 Å². The number of aliphatic hydroxyl groups excluding tert-OH is 1. The molecule has 0 bridgehead atoms. The average molecular weight is 238 g/mol. The van der Waals surface area contributed by atoms with Crippen LogP contribution in [0, 0.1) is 17.8 Å². The Labute approximate surface area is 98.7 Å². The first kappa shape index (κ1) is 12.7. The molecule has 0 aliphatic rings. The van der Waals surface area contributed by atoms with Gasteiger partial charge in [-0.3, -0.25) is 4.79 Å². The van der Waals surface area contributed by atoms with Crippen molar-refractivity contribution in [3.8, 4) is 11.8 Å². The Kier molecular flexibility index (Phi) is 4.96. The molecule has 0 aliphatic carbocycles. The molecule has 4 nitrogen and oxygen atoms in total. The van der Waals surface area contributed by atoms with Gasteiger partial charge < -0.3 is 10.4 Å². The molecule has 2 N–H and O–H groups in total. The predicted molar refractivity (Wildman–Crippen MR) is 64.2 cm³/mol. The van der Waals surface area contributed by atoms with Crippen molar-refractivity contribution < 1.29 is 9.90 Å². The quantitative estimate of drug-likeness (QED) is 0.784. The lowest BCUT2D eigenvalue weighted by atomic mass is 10.1. The van der Waals surface area contributed by atoms with Gasteiger partial charge in [0.1, 0.15) is 6.61 Å². The second kappa shape index (κ2) is 6.26. The van der Waals surface area contributed by atoms with Crippen LogP contribution in [0.2, 0.25) is 0 Å². The summed E-state index contributed by atoms with van der Waals surface area (Å²) in [5, 5.41) is 11.8. The van der Waals surface area contributed by atoms with Crippen LogP contribution in [0.15, 0.2) is 6.20 Å². The van der Waals surface area contributed by atoms with Gasteiger partial charge in [-0.15, -0.1) is 0 Å². The van der Waals surface area contributed by atoms with Crippen molar-refractivity contribution in [3.63, 3.8) is 0 Å². The van der Waals surface area contributed by atoms with Crippen LogP contribution in [0.3, 0.4) is 0 Å². The smallest absolute Gasteiger partial charge is 0.226 e. The van der Waals surface area contributed by atoms with Crippen LogP contribution < -0.4 is 5.32 Å². The summed E-state index contributed by atoms with van der Waals surface area (Å²) in [4.78, 5) is 16.2. The van der Waals surface area contributed by atoms with Crippen LogP contribution in [0.4, 0.5) is 5.13 Å². The van der Waals surface area contributed by atoms with Gasteiger partial charge in [0.15, 0.2) is 5.13 Å². The van der Waals surface area contributed by atoms with Gasteiger partial charge in [-0.2, -0.15) is 0 Å². The van der Waals surface area contributed by atoms with Crippen molar-refractivity contribution in [3.05, 3.63) is 11.1 Å². The zero-order chi connectivity index (χ0) is 12.0. The number of rotatable bonds is 3. The van der Waals surface area contributed by atoms with E-state index >= 15 is 0 Å². The number of aliphatic hydroxyl groups is 1. The van der Waals surface area contributed by atoms with Crippen LogP contribution >= 0.6 is 11.3 Å². The zero-order valence-corrected chi connectivity index (χ0v) is 10.1. The van der Waals surface area contributed by atoms with Gasteiger partial charge in [-0.1, -0.05) is 37.0 Å². The van der Waals surface area contributed by atoms with E-state index in [1.54, 1.807) is 6.20 Å². The Morgan fingerprint density at radius 3 is 3.06 bits per heavy atom. The molecule has 0 fully saturated rings. The molecule has 1 rings (SSSR count). The minimum atomic E-state index is -0.174. The first-order valence-electron chi connectivity index (χ1n) is 4.97. The monoisotopic (exact) mass is 238 g/mol. The number of carbonyl (C=O) groups excluding carboxylic acids is 1. The molecule has 1 aromatic rings. The van der Waals surface area contributed by atoms with E-state index in [0.29, 0.717) is 17.5 Å². The second-order valence-corrected chi connectivity index (χ2v) is 4.67. The first-order chi connectivity index (χ1) is 7.61. The summed E-state index contributed by atoms with van der Waals surface area (Å²) < 4.78 is 0. The molecule has 16 heavy (non-hydrogen) atoms. The maximum Gasteiger partial charge on any atom is 0.226 e. The van der Waals surface area contributed by atoms with Crippen molar-refractivity contribution in [2.45, 2.75) is 20.3 Å². The fourth-order valence-corrected chi connectivity index (χ4v) is 1.76. The van der Waals surface area contributed by atoms with Crippen molar-refractivity contribution in [2.24, 2.45) is 5.92 Å². The molecule has 1 aromatic heterocycles. The SMILES string of the molecule is CC(C)CC(=O)Nc1ncc(C#CCO)s1. The summed E-state index contributed by atoms with van der Waals surface area (Å²) in [5.41, 5.74) is 0. The van der Waals surface area contributed by atoms with Gasteiger partial charge in [0.05, 0.1) is 11.1 Å². The number of aromatic nitrogens is 1. The maximum atomic E-state index is 11.4. The molecule has 0 aliphatic heterocycles. The van der Waals surface area contributed by atoms with Gasteiger partial charge in [0.2, 0.25) is 5.91 Å². The summed E-state index contributed by atoms with van der Waals surface area (Å²) in [6, 6.07) is 0. The van der Waals surface area contributed by atoms with E-state index in [4.69, 9.17) is 5.11 Å². The fourth-order valence-electron chi connectivity index (χ4n) is 1.06. The minimum Gasteiger partial charge on any atom is -0.384 e. The van der Waals surface area contributed by atoms with Crippen LogP contribution in [0.5, 0.6) is 0 Å². The lowest BCUT2D eigenvalue weighted by Crippen LogP contribution is -2.13. The van der Waals surface area contributed by atoms with Crippen molar-refractivity contribution >= 4 is 22.4 Å². The lowest BCUT2D eigenvalue weighted by Gasteiger charge is -2.03. The number of hydrogen-bond acceptors (Lipinski definition) is 4. The molecule has 86 valence electrons. The zero-order valence-electron chi connectivity index (χ0n) is 9.28. The molecule has 0 saturated heterocycles. The van der Waals surface area contributed by atoms with E-state index < -0.39 is 0 Å². The Morgan fingerprint density at radius 1 is 1.69 bits per heavy atom. The number of carbonyl (C=O) groups is 1. The molecule has 0 atom stereocenters. The predicted octanol–water partition coefficient (Wildman–Crippen LogP) is 1.47. The molecular weight excluding hydrogens is 224 g/mol. The first-order valence-corrected chi connectivity index (χ1v) is 5.79. The third kappa shape index (κ3) is 4.43. The summed E-state index contributed by atoms with van der Waals surface area (Å²) in [7, 11) is 0. The van der Waals surface area contributed by atoms with E-state index in [0.717, 1.165) is 4.88 Å². The third-order valence-electron chi connectivity index (χ3n) is 1.64. The Morgan fingerprint density at radius 2 is 2.44 bits per heavy atom. The number of amides is 1. The van der Waals surface area contributed by atoms with E-state index in [9.17, 15) is 4.79 Å². The van der Waals surface area contributed by atoms with Crippen LogP contribution in [0.1, 0.15) is 25.1 Å². The van der Waals surface area contributed by atoms with Crippen molar-refractivity contribution in [2.75, 3.05) is 11.9 Å². The lowest BCUT2D eigenvalue weighted by molar-refractivity contribution is -0.116. The molecule has 0 radical (unpaired) electrons. The van der Waals surface area contributed by atoms with Gasteiger partial charge in [0.25, 0.3) is 0 Å². The third-order valence-corrected chi connectivity index (χ3v) is 2.46. The highest BCUT2D eigenvalue weighted by molar-refractivity contribution is 7.16. The van der Waals surface area contributed by atoms with Crippen LogP contribution in [-0.4, -0.2) is 22.6 Å². The molecule has 5 heteroatoms. The summed E-state index contributed by atoms with van der Waals surface area (Å²) >= 11 is 1.30. The standard InChI is InChI=1S/C11H14N2O2S/c1-8(2)6-10(15)13-11-12-7-9(16-11)4-3-5-14/h7-8,14H,5-6H2,1-2H3,(H,12,13,15). The number of hydrogen-bond donors (Lipinski definition) is 2. The van der Waals surface area contributed by atoms with E-state index in [-0.39, 0.29) is 12.5 Å². The van der Waals surface area contributed by atoms with Gasteiger partial charge in [0, 0.05) is 6.42 Å². The van der Waals surface area contributed by atoms with Gasteiger partial charge in [-0.25, -0.2) is 4.98 Å². The van der Waals surface area contributed by atoms with Crippen molar-refractivity contribution in [1.29, 1.82) is 0 Å². The molecule has 0 aromatic carbocycles. The Balaban J connectivity index is 2.55. The largest absolute Gasteiger partial charge is 0.384 e. The molecule has 0 unspecified atom stereocenters. The van der Waals surface area contributed by atoms with Gasteiger partial charge >= 0.3 is 0 Å². The number of nitrogens with zero attached hydrogens (tertiary/aromatic N) is 1. The Bertz CT molecular complexity index is 415. The highest BCUT2D eigenvalue weighted by atomic mass is 32.1. The summed E-state index contributed by atoms with van der Waals surface area (Å²) in [6.45, 7) is 3.80. The summed E-state index contributed by atoms with van der Waals surface area (Å²) in [6.07, 6.45) is 2.07. The highest BCUT2D eigenvalue weighted by Gasteiger charge is 2.07. The average Bonchev–Trinajstić information content (AvgIpc) is 2.61. The molecule has 0 saturated carbocycles. The number of anilines is 1. The summed E-state index contributed by atoms with van der Waals surface area (Å²) in [5.74, 6) is 5.55. The van der Waals surface area contributed by atoms with Crippen LogP contribution in [0.25, 0.3) is 0 Å². The number of thiazole rings is 1. The highest BCUT2D eigenvalue weighted by Crippen LogP contribution is 2.17. The molecule has 1 heterocycles. The second-order valence-electron chi connectivity index (χ2n) is 3.64. The minimum absolute atomic E-state index is 0.0361. The number of nitrogens with one attached hydrogen (secondary N) is 1. The molecule has 1 amide bonds.